The Morgan fingerprint density at radius 1 is 1.05 bits per heavy atom. The van der Waals surface area contributed by atoms with E-state index in [9.17, 15) is 4.79 Å². The van der Waals surface area contributed by atoms with Crippen molar-refractivity contribution in [3.05, 3.63) is 53.7 Å². The lowest BCUT2D eigenvalue weighted by Crippen LogP contribution is -2.37. The molecule has 0 saturated carbocycles. The number of hydrogen-bond acceptors (Lipinski definition) is 5. The van der Waals surface area contributed by atoms with Gasteiger partial charge in [-0.15, -0.1) is 0 Å². The average Bonchev–Trinajstić information content (AvgIpc) is 3.46. The van der Waals surface area contributed by atoms with Gasteiger partial charge in [0.15, 0.2) is 0 Å². The Labute approximate surface area is 225 Å². The number of benzene rings is 2. The first kappa shape index (κ1) is 26.2. The molecule has 0 bridgehead atoms. The lowest BCUT2D eigenvalue weighted by Gasteiger charge is -2.35. The van der Waals surface area contributed by atoms with Gasteiger partial charge in [-0.2, -0.15) is 4.73 Å². The van der Waals surface area contributed by atoms with Gasteiger partial charge in [-0.3, -0.25) is 0 Å². The van der Waals surface area contributed by atoms with Gasteiger partial charge in [0.1, 0.15) is 5.75 Å². The Hall–Kier alpha value is -2.44. The topological polar surface area (TPSA) is 43.7 Å². The molecule has 37 heavy (non-hydrogen) atoms. The van der Waals surface area contributed by atoms with E-state index in [0.717, 1.165) is 54.1 Å². The van der Waals surface area contributed by atoms with E-state index in [1.807, 2.05) is 23.8 Å². The van der Waals surface area contributed by atoms with Gasteiger partial charge < -0.3 is 14.5 Å². The van der Waals surface area contributed by atoms with Gasteiger partial charge in [0, 0.05) is 27.6 Å². The molecular formula is C31H40N2O3S. The number of piperidine rings is 1. The van der Waals surface area contributed by atoms with Crippen LogP contribution in [0.4, 0.5) is 0 Å². The second-order valence-corrected chi connectivity index (χ2v) is 11.6. The van der Waals surface area contributed by atoms with Crippen molar-refractivity contribution in [2.45, 2.75) is 93.9 Å². The van der Waals surface area contributed by atoms with E-state index in [2.05, 4.69) is 49.1 Å². The molecule has 0 radical (unpaired) electrons. The average molecular weight is 521 g/mol. The van der Waals surface area contributed by atoms with Crippen LogP contribution in [-0.4, -0.2) is 41.3 Å². The predicted octanol–water partition coefficient (Wildman–Crippen LogP) is 7.38. The third kappa shape index (κ3) is 5.85. The first-order valence-electron chi connectivity index (χ1n) is 14.1. The largest absolute Gasteiger partial charge is 0.494 e. The maximum Gasteiger partial charge on any atom is 0.332 e. The highest BCUT2D eigenvalue weighted by atomic mass is 32.2. The first-order valence-corrected chi connectivity index (χ1v) is 14.9. The van der Waals surface area contributed by atoms with Crippen LogP contribution in [0, 0.1) is 6.92 Å². The van der Waals surface area contributed by atoms with Crippen LogP contribution in [0.3, 0.4) is 0 Å². The van der Waals surface area contributed by atoms with Crippen LogP contribution in [0.1, 0.15) is 82.4 Å². The second-order valence-electron chi connectivity index (χ2n) is 10.5. The van der Waals surface area contributed by atoms with E-state index < -0.39 is 0 Å². The van der Waals surface area contributed by atoms with E-state index >= 15 is 0 Å². The summed E-state index contributed by atoms with van der Waals surface area (Å²) in [4.78, 5) is 23.8. The predicted molar refractivity (Wildman–Crippen MR) is 151 cm³/mol. The van der Waals surface area contributed by atoms with E-state index in [1.165, 1.54) is 41.7 Å². The van der Waals surface area contributed by atoms with Crippen LogP contribution in [0.15, 0.2) is 52.3 Å². The Balaban J connectivity index is 1.48. The number of nitrogens with zero attached hydrogens (tertiary/aromatic N) is 2. The van der Waals surface area contributed by atoms with Gasteiger partial charge in [0.25, 0.3) is 0 Å². The molecule has 2 atom stereocenters. The second kappa shape index (κ2) is 12.0. The number of fused-ring (bicyclic) bond motifs is 2. The SMILES string of the molecule is CCCCCC(=O)On1c(C)c(C2CCN3CCCC3C2)c2cc(Sc3cccc(OCC)c3)ccc21. The number of unbranched alkanes of at least 4 members (excludes halogenated alkanes) is 2. The Morgan fingerprint density at radius 2 is 1.92 bits per heavy atom. The molecule has 2 fully saturated rings. The van der Waals surface area contributed by atoms with Crippen LogP contribution < -0.4 is 9.57 Å². The molecule has 0 aliphatic carbocycles. The van der Waals surface area contributed by atoms with E-state index in [0.29, 0.717) is 25.0 Å². The summed E-state index contributed by atoms with van der Waals surface area (Å²) in [6.45, 7) is 9.36. The van der Waals surface area contributed by atoms with Gasteiger partial charge in [0.2, 0.25) is 0 Å². The Morgan fingerprint density at radius 3 is 2.76 bits per heavy atom. The molecule has 2 unspecified atom stereocenters. The minimum atomic E-state index is -0.142. The molecular weight excluding hydrogens is 480 g/mol. The maximum atomic E-state index is 12.7. The number of hydrogen-bond donors (Lipinski definition) is 0. The Bertz CT molecular complexity index is 1240. The van der Waals surface area contributed by atoms with Crippen LogP contribution in [0.25, 0.3) is 10.9 Å². The zero-order valence-corrected chi connectivity index (χ0v) is 23.3. The fourth-order valence-electron chi connectivity index (χ4n) is 6.17. The monoisotopic (exact) mass is 520 g/mol. The third-order valence-corrected chi connectivity index (χ3v) is 8.91. The van der Waals surface area contributed by atoms with Gasteiger partial charge in [-0.1, -0.05) is 37.6 Å². The van der Waals surface area contributed by atoms with Crippen molar-refractivity contribution in [2.24, 2.45) is 0 Å². The number of ether oxygens (including phenoxy) is 1. The van der Waals surface area contributed by atoms with Crippen molar-refractivity contribution in [1.29, 1.82) is 0 Å². The number of rotatable bonds is 10. The van der Waals surface area contributed by atoms with Crippen molar-refractivity contribution in [1.82, 2.24) is 9.63 Å². The van der Waals surface area contributed by atoms with E-state index in [4.69, 9.17) is 9.57 Å². The highest BCUT2D eigenvalue weighted by Gasteiger charge is 2.35. The van der Waals surface area contributed by atoms with Crippen LogP contribution in [0.2, 0.25) is 0 Å². The number of carbonyl (C=O) groups excluding carboxylic acids is 1. The molecule has 0 amide bonds. The van der Waals surface area contributed by atoms with Crippen LogP contribution in [0.5, 0.6) is 5.75 Å². The molecule has 0 N–H and O–H groups in total. The quantitative estimate of drug-likeness (QED) is 0.261. The van der Waals surface area contributed by atoms with E-state index in [1.54, 1.807) is 11.8 Å². The third-order valence-electron chi connectivity index (χ3n) is 7.93. The number of carbonyl (C=O) groups is 1. The fourth-order valence-corrected chi connectivity index (χ4v) is 7.08. The Kier molecular flexibility index (Phi) is 8.46. The zero-order valence-electron chi connectivity index (χ0n) is 22.5. The van der Waals surface area contributed by atoms with Crippen LogP contribution in [-0.2, 0) is 4.79 Å². The summed E-state index contributed by atoms with van der Waals surface area (Å²) in [5.74, 6) is 1.25. The molecule has 2 saturated heterocycles. The van der Waals surface area contributed by atoms with Gasteiger partial charge in [-0.25, -0.2) is 4.79 Å². The lowest BCUT2D eigenvalue weighted by molar-refractivity contribution is -0.144. The summed E-state index contributed by atoms with van der Waals surface area (Å²) in [6.07, 6.45) is 8.46. The van der Waals surface area contributed by atoms with Gasteiger partial charge in [-0.05, 0) is 107 Å². The van der Waals surface area contributed by atoms with Crippen molar-refractivity contribution >= 4 is 28.6 Å². The summed E-state index contributed by atoms with van der Waals surface area (Å²) in [5.41, 5.74) is 3.45. The smallest absolute Gasteiger partial charge is 0.332 e. The minimum Gasteiger partial charge on any atom is -0.494 e. The molecule has 1 aromatic heterocycles. The highest BCUT2D eigenvalue weighted by Crippen LogP contribution is 2.43. The van der Waals surface area contributed by atoms with Gasteiger partial charge in [0.05, 0.1) is 17.8 Å². The van der Waals surface area contributed by atoms with Crippen molar-refractivity contribution in [3.8, 4) is 5.75 Å². The molecule has 5 nitrogen and oxygen atoms in total. The summed E-state index contributed by atoms with van der Waals surface area (Å²) >= 11 is 1.75. The standard InChI is InChI=1S/C31H40N2O3S/c1-4-6-7-13-30(34)36-33-22(3)31(23-16-18-32-17-9-10-24(32)19-23)28-21-27(14-15-29(28)33)37-26-12-8-11-25(20-26)35-5-2/h8,11-12,14-15,20-21,23-24H,4-7,9-10,13,16-19H2,1-3H3. The number of aromatic nitrogens is 1. The zero-order chi connectivity index (χ0) is 25.8. The molecule has 2 aliphatic heterocycles. The first-order chi connectivity index (χ1) is 18.1. The molecule has 2 aliphatic rings. The molecule has 3 aromatic rings. The molecule has 0 spiro atoms. The fraction of sp³-hybridized carbons (Fsp3) is 0.516. The highest BCUT2D eigenvalue weighted by molar-refractivity contribution is 7.99. The summed E-state index contributed by atoms with van der Waals surface area (Å²) in [7, 11) is 0. The van der Waals surface area contributed by atoms with Crippen molar-refractivity contribution in [2.75, 3.05) is 19.7 Å². The van der Waals surface area contributed by atoms with Crippen LogP contribution >= 0.6 is 11.8 Å². The minimum absolute atomic E-state index is 0.142. The van der Waals surface area contributed by atoms with Crippen molar-refractivity contribution in [3.63, 3.8) is 0 Å². The van der Waals surface area contributed by atoms with Gasteiger partial charge >= 0.3 is 5.97 Å². The maximum absolute atomic E-state index is 12.7. The molecule has 198 valence electrons. The lowest BCUT2D eigenvalue weighted by atomic mass is 9.84. The van der Waals surface area contributed by atoms with Crippen molar-refractivity contribution < 1.29 is 14.4 Å². The summed E-state index contributed by atoms with van der Waals surface area (Å²) in [6, 6.07) is 15.5. The summed E-state index contributed by atoms with van der Waals surface area (Å²) < 4.78 is 7.53. The molecule has 3 heterocycles. The summed E-state index contributed by atoms with van der Waals surface area (Å²) in [5, 5.41) is 1.22. The normalized spacial score (nSPS) is 19.8. The molecule has 5 rings (SSSR count). The molecule has 6 heteroatoms. The van der Waals surface area contributed by atoms with E-state index in [-0.39, 0.29) is 5.97 Å². The molecule has 2 aromatic carbocycles.